The molecule has 0 saturated heterocycles. The summed E-state index contributed by atoms with van der Waals surface area (Å²) in [7, 11) is 1.59. The molecule has 1 aliphatic carbocycles. The van der Waals surface area contributed by atoms with Gasteiger partial charge in [0, 0.05) is 43.6 Å². The van der Waals surface area contributed by atoms with E-state index in [1.807, 2.05) is 19.2 Å². The van der Waals surface area contributed by atoms with Crippen molar-refractivity contribution in [3.63, 3.8) is 0 Å². The summed E-state index contributed by atoms with van der Waals surface area (Å²) in [5, 5.41) is 7.46. The Morgan fingerprint density at radius 1 is 1.26 bits per heavy atom. The van der Waals surface area contributed by atoms with E-state index < -0.39 is 17.7 Å². The molecule has 0 unspecified atom stereocenters. The van der Waals surface area contributed by atoms with E-state index in [0.29, 0.717) is 43.4 Å². The predicted octanol–water partition coefficient (Wildman–Crippen LogP) is 5.52. The van der Waals surface area contributed by atoms with Crippen LogP contribution in [0.25, 0.3) is 0 Å². The quantitative estimate of drug-likeness (QED) is 0.386. The van der Waals surface area contributed by atoms with Crippen molar-refractivity contribution in [3.8, 4) is 0 Å². The van der Waals surface area contributed by atoms with Crippen LogP contribution in [0.3, 0.4) is 0 Å². The molecule has 1 fully saturated rings. The number of likely N-dealkylation sites (N-methyl/N-ethyl adjacent to an activating group) is 1. The normalized spacial score (nSPS) is 14.7. The molecular weight excluding hydrogens is 464 g/mol. The first kappa shape index (κ1) is 26.8. The topological polar surface area (TPSA) is 109 Å². The van der Waals surface area contributed by atoms with Gasteiger partial charge in [-0.15, -0.1) is 11.3 Å². The highest BCUT2D eigenvalue weighted by molar-refractivity contribution is 7.15. The van der Waals surface area contributed by atoms with Crippen LogP contribution in [0.1, 0.15) is 83.3 Å². The number of nitrogens with one attached hydrogen (secondary N) is 2. The highest BCUT2D eigenvalue weighted by atomic mass is 32.1. The number of ether oxygens (including phenoxy) is 1. The SMILES string of the molecule is CCc1nc(NCCCC(=O)[C@H](C)N(C)C(=O)OC(C)(C)C)cc(Nc2ncc(C3CCC3)s2)n1. The summed E-state index contributed by atoms with van der Waals surface area (Å²) >= 11 is 1.69. The van der Waals surface area contributed by atoms with Gasteiger partial charge in [-0.05, 0) is 52.9 Å². The number of carbonyl (C=O) groups excluding carboxylic acids is 2. The average molecular weight is 503 g/mol. The molecule has 1 atom stereocenters. The molecule has 1 saturated carbocycles. The summed E-state index contributed by atoms with van der Waals surface area (Å²) in [6.45, 7) is 9.74. The zero-order valence-electron chi connectivity index (χ0n) is 21.7. The molecule has 0 aliphatic heterocycles. The largest absolute Gasteiger partial charge is 0.444 e. The third-order valence-electron chi connectivity index (χ3n) is 5.99. The van der Waals surface area contributed by atoms with Gasteiger partial charge in [-0.1, -0.05) is 13.3 Å². The lowest BCUT2D eigenvalue weighted by Gasteiger charge is -2.28. The molecule has 0 aromatic carbocycles. The maximum absolute atomic E-state index is 12.6. The number of rotatable bonds is 11. The minimum absolute atomic E-state index is 0.00881. The minimum Gasteiger partial charge on any atom is -0.444 e. The van der Waals surface area contributed by atoms with Gasteiger partial charge in [-0.3, -0.25) is 4.79 Å². The van der Waals surface area contributed by atoms with E-state index in [9.17, 15) is 9.59 Å². The number of aryl methyl sites for hydroxylation is 1. The van der Waals surface area contributed by atoms with Crippen molar-refractivity contribution in [2.75, 3.05) is 24.2 Å². The molecule has 0 bridgehead atoms. The number of nitrogens with zero attached hydrogens (tertiary/aromatic N) is 4. The Morgan fingerprint density at radius 2 is 1.97 bits per heavy atom. The first-order valence-electron chi connectivity index (χ1n) is 12.4. The summed E-state index contributed by atoms with van der Waals surface area (Å²) in [5.74, 6) is 2.80. The molecule has 3 rings (SSSR count). The molecule has 1 aliphatic rings. The van der Waals surface area contributed by atoms with Gasteiger partial charge in [0.15, 0.2) is 10.9 Å². The van der Waals surface area contributed by atoms with Crippen LogP contribution in [-0.4, -0.2) is 57.0 Å². The first-order valence-corrected chi connectivity index (χ1v) is 13.2. The Bertz CT molecular complexity index is 1010. The molecule has 2 heterocycles. The Morgan fingerprint density at radius 3 is 2.60 bits per heavy atom. The Hall–Kier alpha value is -2.75. The fraction of sp³-hybridized carbons (Fsp3) is 0.640. The van der Waals surface area contributed by atoms with Gasteiger partial charge < -0.3 is 20.3 Å². The average Bonchev–Trinajstić information content (AvgIpc) is 3.20. The van der Waals surface area contributed by atoms with Crippen molar-refractivity contribution in [2.45, 2.75) is 90.7 Å². The zero-order valence-corrected chi connectivity index (χ0v) is 22.5. The van der Waals surface area contributed by atoms with Crippen LogP contribution in [0.4, 0.5) is 21.6 Å². The standard InChI is InChI=1S/C25H38N6O3S/c1-7-20-28-21(14-22(29-20)30-23-27-15-19(35-23)17-10-8-11-17)26-13-9-12-18(32)16(2)31(6)24(33)34-25(3,4)5/h14-17H,7-13H2,1-6H3,(H2,26,27,28,29,30)/t16-/m0/s1. The summed E-state index contributed by atoms with van der Waals surface area (Å²) in [5.41, 5.74) is -0.598. The fourth-order valence-corrected chi connectivity index (χ4v) is 4.53. The molecule has 0 spiro atoms. The lowest BCUT2D eigenvalue weighted by atomic mass is 9.85. The van der Waals surface area contributed by atoms with Gasteiger partial charge in [0.25, 0.3) is 0 Å². The van der Waals surface area contributed by atoms with Crippen molar-refractivity contribution in [3.05, 3.63) is 23.0 Å². The fourth-order valence-electron chi connectivity index (χ4n) is 3.54. The van der Waals surface area contributed by atoms with Crippen molar-refractivity contribution in [2.24, 2.45) is 0 Å². The highest BCUT2D eigenvalue weighted by Gasteiger charge is 2.26. The van der Waals surface area contributed by atoms with Gasteiger partial charge in [-0.25, -0.2) is 19.7 Å². The van der Waals surface area contributed by atoms with Crippen molar-refractivity contribution in [1.29, 1.82) is 0 Å². The smallest absolute Gasteiger partial charge is 0.410 e. The number of thiazole rings is 1. The molecule has 192 valence electrons. The third-order valence-corrected chi connectivity index (χ3v) is 7.06. The lowest BCUT2D eigenvalue weighted by Crippen LogP contribution is -2.43. The molecule has 2 aromatic rings. The van der Waals surface area contributed by atoms with Crippen molar-refractivity contribution in [1.82, 2.24) is 19.9 Å². The van der Waals surface area contributed by atoms with Gasteiger partial charge in [0.05, 0.1) is 6.04 Å². The van der Waals surface area contributed by atoms with Crippen LogP contribution in [-0.2, 0) is 16.0 Å². The number of ketones is 1. The number of aromatic nitrogens is 3. The minimum atomic E-state index is -0.598. The van der Waals surface area contributed by atoms with E-state index in [0.717, 1.165) is 11.0 Å². The van der Waals surface area contributed by atoms with Gasteiger partial charge in [0.2, 0.25) is 0 Å². The maximum Gasteiger partial charge on any atom is 0.410 e. The summed E-state index contributed by atoms with van der Waals surface area (Å²) in [6.07, 6.45) is 6.96. The Balaban J connectivity index is 1.49. The molecule has 9 nitrogen and oxygen atoms in total. The van der Waals surface area contributed by atoms with Crippen LogP contribution >= 0.6 is 11.3 Å². The van der Waals surface area contributed by atoms with Crippen LogP contribution in [0.2, 0.25) is 0 Å². The summed E-state index contributed by atoms with van der Waals surface area (Å²) in [6, 6.07) is 1.32. The van der Waals surface area contributed by atoms with E-state index in [-0.39, 0.29) is 5.78 Å². The van der Waals surface area contributed by atoms with Gasteiger partial charge >= 0.3 is 6.09 Å². The zero-order chi connectivity index (χ0) is 25.6. The van der Waals surface area contributed by atoms with E-state index in [1.165, 1.54) is 29.0 Å². The summed E-state index contributed by atoms with van der Waals surface area (Å²) < 4.78 is 5.35. The number of Topliss-reactive ketones (excluding diaryl/α,β-unsaturated/α-hetero) is 1. The van der Waals surface area contributed by atoms with Crippen molar-refractivity contribution >= 4 is 40.0 Å². The summed E-state index contributed by atoms with van der Waals surface area (Å²) in [4.78, 5) is 41.1. The Labute approximate surface area is 212 Å². The van der Waals surface area contributed by atoms with E-state index >= 15 is 0 Å². The molecule has 10 heteroatoms. The van der Waals surface area contributed by atoms with Crippen LogP contribution in [0.15, 0.2) is 12.3 Å². The number of hydrogen-bond acceptors (Lipinski definition) is 9. The Kier molecular flexibility index (Phi) is 9.04. The van der Waals surface area contributed by atoms with Crippen LogP contribution in [0, 0.1) is 0 Å². The molecule has 2 N–H and O–H groups in total. The van der Waals surface area contributed by atoms with E-state index in [2.05, 4.69) is 25.6 Å². The lowest BCUT2D eigenvalue weighted by molar-refractivity contribution is -0.123. The van der Waals surface area contributed by atoms with Gasteiger partial charge in [-0.2, -0.15) is 0 Å². The second-order valence-electron chi connectivity index (χ2n) is 9.99. The first-order chi connectivity index (χ1) is 16.6. The second-order valence-corrected chi connectivity index (χ2v) is 11.1. The number of carbonyl (C=O) groups is 2. The van der Waals surface area contributed by atoms with Crippen LogP contribution < -0.4 is 10.6 Å². The molecule has 35 heavy (non-hydrogen) atoms. The molecule has 1 amide bonds. The number of amides is 1. The molecule has 0 radical (unpaired) electrons. The number of anilines is 3. The number of hydrogen-bond donors (Lipinski definition) is 2. The highest BCUT2D eigenvalue weighted by Crippen LogP contribution is 2.40. The third kappa shape index (κ3) is 7.88. The van der Waals surface area contributed by atoms with Crippen LogP contribution in [0.5, 0.6) is 0 Å². The van der Waals surface area contributed by atoms with Crippen molar-refractivity contribution < 1.29 is 14.3 Å². The monoisotopic (exact) mass is 502 g/mol. The molecular formula is C25H38N6O3S. The second kappa shape index (κ2) is 11.8. The predicted molar refractivity (Wildman–Crippen MR) is 140 cm³/mol. The molecule has 2 aromatic heterocycles. The maximum atomic E-state index is 12.6. The van der Waals surface area contributed by atoms with Gasteiger partial charge in [0.1, 0.15) is 23.1 Å². The van der Waals surface area contributed by atoms with E-state index in [4.69, 9.17) is 4.74 Å². The van der Waals surface area contributed by atoms with E-state index in [1.54, 1.807) is 46.1 Å².